The smallest absolute Gasteiger partial charge is 0.337 e. The molecule has 1 aromatic rings. The lowest BCUT2D eigenvalue weighted by Gasteiger charge is -2.12. The van der Waals surface area contributed by atoms with Gasteiger partial charge < -0.3 is 9.84 Å². The van der Waals surface area contributed by atoms with Crippen LogP contribution >= 0.6 is 0 Å². The van der Waals surface area contributed by atoms with Crippen LogP contribution in [0.15, 0.2) is 18.2 Å². The Morgan fingerprint density at radius 1 is 1.29 bits per heavy atom. The minimum atomic E-state index is -0.961. The van der Waals surface area contributed by atoms with E-state index in [2.05, 4.69) is 0 Å². The molecule has 3 nitrogen and oxygen atoms in total. The summed E-state index contributed by atoms with van der Waals surface area (Å²) in [6.07, 6.45) is -0.867. The maximum Gasteiger partial charge on any atom is 0.337 e. The first-order valence-corrected chi connectivity index (χ1v) is 4.38. The Morgan fingerprint density at radius 3 is 2.14 bits per heavy atom. The highest BCUT2D eigenvalue weighted by Gasteiger charge is 2.18. The van der Waals surface area contributed by atoms with Crippen molar-refractivity contribution >= 4 is 5.97 Å². The highest BCUT2D eigenvalue weighted by Crippen LogP contribution is 2.19. The third-order valence-electron chi connectivity index (χ3n) is 2.01. The van der Waals surface area contributed by atoms with Crippen molar-refractivity contribution in [2.45, 2.75) is 20.0 Å². The van der Waals surface area contributed by atoms with Gasteiger partial charge in [0.15, 0.2) is 6.10 Å². The Kier molecular flexibility index (Phi) is 3.25. The molecule has 1 rings (SSSR count). The van der Waals surface area contributed by atoms with Gasteiger partial charge in [0, 0.05) is 7.11 Å². The van der Waals surface area contributed by atoms with Gasteiger partial charge in [-0.2, -0.15) is 0 Å². The van der Waals surface area contributed by atoms with Crippen molar-refractivity contribution in [3.05, 3.63) is 34.9 Å². The number of carbonyl (C=O) groups is 1. The normalized spacial score (nSPS) is 12.5. The average molecular weight is 194 g/mol. The van der Waals surface area contributed by atoms with Crippen molar-refractivity contribution in [3.63, 3.8) is 0 Å². The summed E-state index contributed by atoms with van der Waals surface area (Å²) in [4.78, 5) is 10.8. The highest BCUT2D eigenvalue weighted by atomic mass is 16.5. The summed E-state index contributed by atoms with van der Waals surface area (Å²) in [5.41, 5.74) is 2.78. The molecule has 1 atom stereocenters. The average Bonchev–Trinajstić information content (AvgIpc) is 2.02. The van der Waals surface area contributed by atoms with Gasteiger partial charge in [-0.3, -0.25) is 0 Å². The fraction of sp³-hybridized carbons (Fsp3) is 0.364. The first kappa shape index (κ1) is 10.7. The summed E-state index contributed by atoms with van der Waals surface area (Å²) in [7, 11) is 1.40. The molecule has 1 N–H and O–H groups in total. The van der Waals surface area contributed by atoms with E-state index in [1.807, 2.05) is 32.0 Å². The summed E-state index contributed by atoms with van der Waals surface area (Å²) in [6.45, 7) is 3.87. The van der Waals surface area contributed by atoms with Crippen molar-refractivity contribution in [1.82, 2.24) is 0 Å². The topological polar surface area (TPSA) is 46.5 Å². The van der Waals surface area contributed by atoms with Crippen LogP contribution in [0.5, 0.6) is 0 Å². The molecule has 1 aromatic carbocycles. The SMILES string of the molecule is COC(C(=O)O)c1cc(C)cc(C)c1. The number of hydrogen-bond acceptors (Lipinski definition) is 2. The summed E-state index contributed by atoms with van der Waals surface area (Å²) in [5.74, 6) is -0.961. The molecule has 1 unspecified atom stereocenters. The third kappa shape index (κ3) is 2.33. The molecule has 0 aliphatic carbocycles. The minimum Gasteiger partial charge on any atom is -0.479 e. The van der Waals surface area contributed by atoms with E-state index in [-0.39, 0.29) is 0 Å². The largest absolute Gasteiger partial charge is 0.479 e. The van der Waals surface area contributed by atoms with E-state index in [0.717, 1.165) is 11.1 Å². The second-order valence-corrected chi connectivity index (χ2v) is 3.38. The minimum absolute atomic E-state index is 0.692. The zero-order chi connectivity index (χ0) is 10.7. The maximum absolute atomic E-state index is 10.8. The second kappa shape index (κ2) is 4.24. The lowest BCUT2D eigenvalue weighted by molar-refractivity contribution is -0.148. The summed E-state index contributed by atoms with van der Waals surface area (Å²) >= 11 is 0. The molecule has 0 bridgehead atoms. The number of methoxy groups -OCH3 is 1. The van der Waals surface area contributed by atoms with Crippen LogP contribution in [-0.4, -0.2) is 18.2 Å². The molecule has 0 amide bonds. The van der Waals surface area contributed by atoms with Crippen LogP contribution in [-0.2, 0) is 9.53 Å². The molecule has 0 saturated heterocycles. The lowest BCUT2D eigenvalue weighted by atomic mass is 10.0. The van der Waals surface area contributed by atoms with Gasteiger partial charge in [-0.15, -0.1) is 0 Å². The zero-order valence-electron chi connectivity index (χ0n) is 8.57. The number of ether oxygens (including phenoxy) is 1. The van der Waals surface area contributed by atoms with Gasteiger partial charge in [-0.05, 0) is 19.4 Å². The quantitative estimate of drug-likeness (QED) is 0.801. The first-order valence-electron chi connectivity index (χ1n) is 4.38. The van der Waals surface area contributed by atoms with Gasteiger partial charge in [0.25, 0.3) is 0 Å². The Bertz CT molecular complexity index is 324. The Hall–Kier alpha value is -1.35. The van der Waals surface area contributed by atoms with Crippen LogP contribution in [0.2, 0.25) is 0 Å². The van der Waals surface area contributed by atoms with Crippen molar-refractivity contribution in [3.8, 4) is 0 Å². The first-order chi connectivity index (χ1) is 6.54. The Balaban J connectivity index is 3.10. The summed E-state index contributed by atoms with van der Waals surface area (Å²) < 4.78 is 4.91. The lowest BCUT2D eigenvalue weighted by Crippen LogP contribution is -2.13. The Labute approximate surface area is 83.3 Å². The molecule has 0 heterocycles. The number of benzene rings is 1. The predicted molar refractivity (Wildman–Crippen MR) is 53.3 cm³/mol. The van der Waals surface area contributed by atoms with Crippen molar-refractivity contribution in [2.75, 3.05) is 7.11 Å². The van der Waals surface area contributed by atoms with E-state index >= 15 is 0 Å². The summed E-state index contributed by atoms with van der Waals surface area (Å²) in [6, 6.07) is 5.66. The molecule has 0 saturated carbocycles. The number of hydrogen-bond donors (Lipinski definition) is 1. The van der Waals surface area contributed by atoms with Crippen LogP contribution in [0.3, 0.4) is 0 Å². The fourth-order valence-electron chi connectivity index (χ4n) is 1.54. The monoisotopic (exact) mass is 194 g/mol. The van der Waals surface area contributed by atoms with Gasteiger partial charge in [0.1, 0.15) is 0 Å². The Morgan fingerprint density at radius 2 is 1.79 bits per heavy atom. The second-order valence-electron chi connectivity index (χ2n) is 3.38. The van der Waals surface area contributed by atoms with Crippen molar-refractivity contribution in [1.29, 1.82) is 0 Å². The van der Waals surface area contributed by atoms with E-state index in [1.54, 1.807) is 0 Å². The summed E-state index contributed by atoms with van der Waals surface area (Å²) in [5, 5.41) is 8.88. The van der Waals surface area contributed by atoms with Crippen LogP contribution in [0, 0.1) is 13.8 Å². The van der Waals surface area contributed by atoms with Crippen LogP contribution in [0.25, 0.3) is 0 Å². The maximum atomic E-state index is 10.8. The molecular weight excluding hydrogens is 180 g/mol. The van der Waals surface area contributed by atoms with E-state index in [0.29, 0.717) is 5.56 Å². The van der Waals surface area contributed by atoms with E-state index in [9.17, 15) is 4.79 Å². The van der Waals surface area contributed by atoms with Gasteiger partial charge >= 0.3 is 5.97 Å². The van der Waals surface area contributed by atoms with Crippen LogP contribution in [0.1, 0.15) is 22.8 Å². The molecule has 0 spiro atoms. The zero-order valence-corrected chi connectivity index (χ0v) is 8.57. The van der Waals surface area contributed by atoms with E-state index in [4.69, 9.17) is 9.84 Å². The van der Waals surface area contributed by atoms with Gasteiger partial charge in [0.05, 0.1) is 0 Å². The molecule has 3 heteroatoms. The third-order valence-corrected chi connectivity index (χ3v) is 2.01. The molecule has 0 fully saturated rings. The highest BCUT2D eigenvalue weighted by molar-refractivity contribution is 5.74. The molecule has 0 radical (unpaired) electrons. The van der Waals surface area contributed by atoms with Gasteiger partial charge in [0.2, 0.25) is 0 Å². The molecule has 0 aliphatic rings. The van der Waals surface area contributed by atoms with E-state index < -0.39 is 12.1 Å². The molecule has 14 heavy (non-hydrogen) atoms. The number of aliphatic carboxylic acids is 1. The fourth-order valence-corrected chi connectivity index (χ4v) is 1.54. The van der Waals surface area contributed by atoms with Gasteiger partial charge in [-0.25, -0.2) is 4.79 Å². The van der Waals surface area contributed by atoms with Crippen LogP contribution < -0.4 is 0 Å². The van der Waals surface area contributed by atoms with Gasteiger partial charge in [-0.1, -0.05) is 29.3 Å². The number of aryl methyl sites for hydroxylation is 2. The van der Waals surface area contributed by atoms with E-state index in [1.165, 1.54) is 7.11 Å². The molecular formula is C11H14O3. The number of carboxylic acids is 1. The number of carboxylic acid groups (broad SMARTS) is 1. The predicted octanol–water partition coefficient (Wildman–Crippen LogP) is 2.08. The van der Waals surface area contributed by atoms with Crippen LogP contribution in [0.4, 0.5) is 0 Å². The standard InChI is InChI=1S/C11H14O3/c1-7-4-8(2)6-9(5-7)10(14-3)11(12)13/h4-6,10H,1-3H3,(H,12,13). The molecule has 76 valence electrons. The molecule has 0 aliphatic heterocycles. The number of rotatable bonds is 3. The molecule has 0 aromatic heterocycles. The van der Waals surface area contributed by atoms with Crippen molar-refractivity contribution in [2.24, 2.45) is 0 Å². The van der Waals surface area contributed by atoms with Crippen molar-refractivity contribution < 1.29 is 14.6 Å².